The molecule has 1 rings (SSSR count). The largest absolute Gasteiger partial charge is 0.352 e. The Hall–Kier alpha value is -0.480. The van der Waals surface area contributed by atoms with E-state index in [4.69, 9.17) is 0 Å². The van der Waals surface area contributed by atoms with Crippen LogP contribution in [0.15, 0.2) is 22.7 Å². The van der Waals surface area contributed by atoms with Crippen LogP contribution in [0.4, 0.5) is 0 Å². The quantitative estimate of drug-likeness (QED) is 0.901. The van der Waals surface area contributed by atoms with Crippen molar-refractivity contribution in [2.75, 3.05) is 18.6 Å². The van der Waals surface area contributed by atoms with Gasteiger partial charge in [0.1, 0.15) is 0 Å². The molecular formula is C13H18BrNOS. The summed E-state index contributed by atoms with van der Waals surface area (Å²) < 4.78 is 0.884. The highest BCUT2D eigenvalue weighted by Crippen LogP contribution is 2.20. The van der Waals surface area contributed by atoms with Gasteiger partial charge in [-0.2, -0.15) is 11.8 Å². The predicted octanol–water partition coefficient (Wildman–Crippen LogP) is 3.49. The molecule has 1 aromatic carbocycles. The number of thioether (sulfide) groups is 1. The highest BCUT2D eigenvalue weighted by molar-refractivity contribution is 9.10. The molecule has 1 aromatic rings. The second-order valence-corrected chi connectivity index (χ2v) is 5.91. The van der Waals surface area contributed by atoms with Gasteiger partial charge in [0.05, 0.1) is 5.56 Å². The van der Waals surface area contributed by atoms with Crippen LogP contribution in [-0.2, 0) is 0 Å². The Labute approximate surface area is 116 Å². The number of hydrogen-bond acceptors (Lipinski definition) is 2. The lowest BCUT2D eigenvalue weighted by Crippen LogP contribution is -2.29. The molecular weight excluding hydrogens is 298 g/mol. The third-order valence-corrected chi connectivity index (χ3v) is 4.45. The van der Waals surface area contributed by atoms with Gasteiger partial charge in [0, 0.05) is 11.0 Å². The summed E-state index contributed by atoms with van der Waals surface area (Å²) in [6.07, 6.45) is 2.08. The van der Waals surface area contributed by atoms with Crippen molar-refractivity contribution in [1.82, 2.24) is 5.32 Å². The molecule has 0 bridgehead atoms. The van der Waals surface area contributed by atoms with Crippen molar-refractivity contribution in [1.29, 1.82) is 0 Å². The monoisotopic (exact) mass is 315 g/mol. The van der Waals surface area contributed by atoms with E-state index < -0.39 is 0 Å². The Balaban J connectivity index is 2.61. The van der Waals surface area contributed by atoms with Crippen molar-refractivity contribution in [2.45, 2.75) is 13.8 Å². The fourth-order valence-electron chi connectivity index (χ4n) is 1.53. The van der Waals surface area contributed by atoms with Gasteiger partial charge in [0.25, 0.3) is 5.91 Å². The third kappa shape index (κ3) is 4.36. The second kappa shape index (κ2) is 7.07. The zero-order valence-corrected chi connectivity index (χ0v) is 12.8. The van der Waals surface area contributed by atoms with Gasteiger partial charge in [-0.3, -0.25) is 4.79 Å². The van der Waals surface area contributed by atoms with Crippen molar-refractivity contribution in [3.05, 3.63) is 33.8 Å². The first-order valence-corrected chi connectivity index (χ1v) is 7.77. The molecule has 0 saturated heterocycles. The Morgan fingerprint density at radius 1 is 1.53 bits per heavy atom. The lowest BCUT2D eigenvalue weighted by Gasteiger charge is -2.12. The molecule has 0 fully saturated rings. The van der Waals surface area contributed by atoms with Crippen LogP contribution in [0, 0.1) is 12.8 Å². The number of halogens is 1. The van der Waals surface area contributed by atoms with Gasteiger partial charge < -0.3 is 5.32 Å². The first-order valence-electron chi connectivity index (χ1n) is 5.58. The molecule has 94 valence electrons. The number of rotatable bonds is 5. The van der Waals surface area contributed by atoms with Crippen LogP contribution in [0.2, 0.25) is 0 Å². The molecule has 1 atom stereocenters. The predicted molar refractivity (Wildman–Crippen MR) is 78.8 cm³/mol. The lowest BCUT2D eigenvalue weighted by molar-refractivity contribution is 0.0948. The van der Waals surface area contributed by atoms with Crippen molar-refractivity contribution >= 4 is 33.6 Å². The van der Waals surface area contributed by atoms with Crippen LogP contribution in [0.5, 0.6) is 0 Å². The van der Waals surface area contributed by atoms with Crippen LogP contribution in [0.1, 0.15) is 22.8 Å². The first-order chi connectivity index (χ1) is 8.06. The van der Waals surface area contributed by atoms with Crippen molar-refractivity contribution in [3.63, 3.8) is 0 Å². The Kier molecular flexibility index (Phi) is 6.06. The van der Waals surface area contributed by atoms with Crippen molar-refractivity contribution in [3.8, 4) is 0 Å². The second-order valence-electron chi connectivity index (χ2n) is 4.21. The number of benzene rings is 1. The number of amides is 1. The van der Waals surface area contributed by atoms with Gasteiger partial charge in [-0.1, -0.05) is 19.1 Å². The highest BCUT2D eigenvalue weighted by Gasteiger charge is 2.11. The minimum Gasteiger partial charge on any atom is -0.352 e. The lowest BCUT2D eigenvalue weighted by atomic mass is 10.1. The summed E-state index contributed by atoms with van der Waals surface area (Å²) >= 11 is 5.26. The average Bonchev–Trinajstić information content (AvgIpc) is 2.30. The minimum atomic E-state index is -0.00599. The number of nitrogens with one attached hydrogen (secondary N) is 1. The fourth-order valence-corrected chi connectivity index (χ4v) is 2.66. The standard InChI is InChI=1S/C13H18BrNOS/c1-9(8-17-3)7-15-13(16)11-6-4-5-10(2)12(11)14/h4-6,9H,7-8H2,1-3H3,(H,15,16). The van der Waals surface area contributed by atoms with E-state index in [9.17, 15) is 4.79 Å². The summed E-state index contributed by atoms with van der Waals surface area (Å²) in [4.78, 5) is 12.0. The van der Waals surface area contributed by atoms with E-state index in [1.807, 2.05) is 25.1 Å². The number of carbonyl (C=O) groups is 1. The zero-order valence-electron chi connectivity index (χ0n) is 10.4. The molecule has 0 aliphatic heterocycles. The van der Waals surface area contributed by atoms with Gasteiger partial charge in [-0.25, -0.2) is 0 Å². The summed E-state index contributed by atoms with van der Waals surface area (Å²) in [7, 11) is 0. The molecule has 1 N–H and O–H groups in total. The average molecular weight is 316 g/mol. The van der Waals surface area contributed by atoms with Crippen LogP contribution >= 0.6 is 27.7 Å². The van der Waals surface area contributed by atoms with E-state index >= 15 is 0 Å². The van der Waals surface area contributed by atoms with Crippen LogP contribution < -0.4 is 5.32 Å². The smallest absolute Gasteiger partial charge is 0.252 e. The van der Waals surface area contributed by atoms with Crippen LogP contribution in [-0.4, -0.2) is 24.5 Å². The molecule has 4 heteroatoms. The van der Waals surface area contributed by atoms with Crippen LogP contribution in [0.25, 0.3) is 0 Å². The maximum Gasteiger partial charge on any atom is 0.252 e. The van der Waals surface area contributed by atoms with Gasteiger partial charge in [-0.15, -0.1) is 0 Å². The Morgan fingerprint density at radius 3 is 2.88 bits per heavy atom. The summed E-state index contributed by atoms with van der Waals surface area (Å²) in [5.41, 5.74) is 1.79. The van der Waals surface area contributed by atoms with Crippen molar-refractivity contribution in [2.24, 2.45) is 5.92 Å². The molecule has 0 aliphatic carbocycles. The van der Waals surface area contributed by atoms with E-state index in [0.29, 0.717) is 11.5 Å². The van der Waals surface area contributed by atoms with Gasteiger partial charge in [0.2, 0.25) is 0 Å². The van der Waals surface area contributed by atoms with Gasteiger partial charge in [0.15, 0.2) is 0 Å². The molecule has 1 amide bonds. The molecule has 2 nitrogen and oxygen atoms in total. The molecule has 1 unspecified atom stereocenters. The zero-order chi connectivity index (χ0) is 12.8. The molecule has 0 aromatic heterocycles. The summed E-state index contributed by atoms with van der Waals surface area (Å²) in [6.45, 7) is 4.85. The number of hydrogen-bond donors (Lipinski definition) is 1. The maximum absolute atomic E-state index is 12.0. The minimum absolute atomic E-state index is 0.00599. The Bertz CT molecular complexity index is 395. The summed E-state index contributed by atoms with van der Waals surface area (Å²) in [6, 6.07) is 5.73. The Morgan fingerprint density at radius 2 is 2.24 bits per heavy atom. The van der Waals surface area contributed by atoms with E-state index in [0.717, 1.165) is 22.3 Å². The van der Waals surface area contributed by atoms with E-state index in [1.54, 1.807) is 11.8 Å². The van der Waals surface area contributed by atoms with E-state index in [2.05, 4.69) is 34.4 Å². The third-order valence-electron chi connectivity index (χ3n) is 2.50. The number of aryl methyl sites for hydroxylation is 1. The van der Waals surface area contributed by atoms with E-state index in [-0.39, 0.29) is 5.91 Å². The van der Waals surface area contributed by atoms with Crippen LogP contribution in [0.3, 0.4) is 0 Å². The molecule has 0 spiro atoms. The SMILES string of the molecule is CSCC(C)CNC(=O)c1cccc(C)c1Br. The normalized spacial score (nSPS) is 12.2. The first kappa shape index (κ1) is 14.6. The molecule has 0 heterocycles. The maximum atomic E-state index is 12.0. The number of carbonyl (C=O) groups excluding carboxylic acids is 1. The molecule has 0 radical (unpaired) electrons. The summed E-state index contributed by atoms with van der Waals surface area (Å²) in [5.74, 6) is 1.56. The van der Waals surface area contributed by atoms with Gasteiger partial charge >= 0.3 is 0 Å². The molecule has 0 aliphatic rings. The topological polar surface area (TPSA) is 29.1 Å². The van der Waals surface area contributed by atoms with Gasteiger partial charge in [-0.05, 0) is 52.4 Å². The summed E-state index contributed by atoms with van der Waals surface area (Å²) in [5, 5.41) is 2.97. The van der Waals surface area contributed by atoms with E-state index in [1.165, 1.54) is 0 Å². The highest BCUT2D eigenvalue weighted by atomic mass is 79.9. The molecule has 17 heavy (non-hydrogen) atoms. The molecule has 0 saturated carbocycles. The fraction of sp³-hybridized carbons (Fsp3) is 0.462. The van der Waals surface area contributed by atoms with Crippen molar-refractivity contribution < 1.29 is 4.79 Å².